The van der Waals surface area contributed by atoms with Gasteiger partial charge in [0.25, 0.3) is 0 Å². The van der Waals surface area contributed by atoms with E-state index in [0.717, 1.165) is 16.9 Å². The first kappa shape index (κ1) is 15.1. The summed E-state index contributed by atoms with van der Waals surface area (Å²) < 4.78 is 5.52. The Morgan fingerprint density at radius 2 is 1.81 bits per heavy atom. The van der Waals surface area contributed by atoms with E-state index in [2.05, 4.69) is 5.32 Å². The van der Waals surface area contributed by atoms with E-state index in [4.69, 9.17) is 4.74 Å². The molecule has 0 radical (unpaired) electrons. The third-order valence-corrected chi connectivity index (χ3v) is 3.06. The molecular formula is C17H19NO3. The van der Waals surface area contributed by atoms with Crippen LogP contribution in [0.5, 0.6) is 5.75 Å². The van der Waals surface area contributed by atoms with Crippen LogP contribution in [0.15, 0.2) is 54.6 Å². The first-order valence-corrected chi connectivity index (χ1v) is 6.84. The first-order chi connectivity index (χ1) is 10.1. The van der Waals surface area contributed by atoms with Gasteiger partial charge in [-0.1, -0.05) is 42.5 Å². The Bertz CT molecular complexity index is 566. The molecule has 0 aliphatic heterocycles. The molecule has 2 aromatic carbocycles. The van der Waals surface area contributed by atoms with Crippen LogP contribution in [0.25, 0.3) is 0 Å². The van der Waals surface area contributed by atoms with Crippen molar-refractivity contribution in [1.82, 2.24) is 5.32 Å². The number of aliphatic hydroxyl groups is 1. The first-order valence-electron chi connectivity index (χ1n) is 6.84. The van der Waals surface area contributed by atoms with E-state index in [1.807, 2.05) is 54.6 Å². The van der Waals surface area contributed by atoms with Gasteiger partial charge in [0.15, 0.2) is 0 Å². The number of aliphatic hydroxyl groups excluding tert-OH is 1. The van der Waals surface area contributed by atoms with Gasteiger partial charge in [0.1, 0.15) is 18.5 Å². The van der Waals surface area contributed by atoms with Crippen molar-refractivity contribution in [2.75, 3.05) is 6.61 Å². The number of nitrogens with one attached hydrogen (secondary N) is 1. The Morgan fingerprint density at radius 3 is 2.43 bits per heavy atom. The lowest BCUT2D eigenvalue weighted by molar-refractivity contribution is -0.119. The Kier molecular flexibility index (Phi) is 5.35. The third-order valence-electron chi connectivity index (χ3n) is 3.06. The van der Waals surface area contributed by atoms with Crippen LogP contribution in [0, 0.1) is 0 Å². The quantitative estimate of drug-likeness (QED) is 0.857. The van der Waals surface area contributed by atoms with Crippen molar-refractivity contribution in [3.05, 3.63) is 65.7 Å². The Balaban J connectivity index is 1.87. The molecule has 0 heterocycles. The molecule has 0 saturated heterocycles. The lowest BCUT2D eigenvalue weighted by atomic mass is 10.1. The maximum absolute atomic E-state index is 10.8. The number of carbonyl (C=O) groups is 1. The van der Waals surface area contributed by atoms with Crippen LogP contribution < -0.4 is 10.1 Å². The average molecular weight is 285 g/mol. The summed E-state index contributed by atoms with van der Waals surface area (Å²) in [6.07, 6.45) is -0.681. The number of rotatable bonds is 6. The van der Waals surface area contributed by atoms with E-state index in [0.29, 0.717) is 6.54 Å². The summed E-state index contributed by atoms with van der Waals surface area (Å²) in [6.45, 7) is 2.18. The average Bonchev–Trinajstić information content (AvgIpc) is 2.52. The van der Waals surface area contributed by atoms with Crippen molar-refractivity contribution >= 4 is 5.91 Å². The van der Waals surface area contributed by atoms with Crippen molar-refractivity contribution in [3.63, 3.8) is 0 Å². The summed E-state index contributed by atoms with van der Waals surface area (Å²) >= 11 is 0. The molecule has 1 atom stereocenters. The van der Waals surface area contributed by atoms with Gasteiger partial charge in [-0.25, -0.2) is 0 Å². The molecule has 0 aliphatic rings. The number of hydrogen-bond donors (Lipinski definition) is 2. The van der Waals surface area contributed by atoms with Crippen molar-refractivity contribution < 1.29 is 14.6 Å². The Labute approximate surface area is 124 Å². The fourth-order valence-electron chi connectivity index (χ4n) is 1.87. The van der Waals surface area contributed by atoms with Gasteiger partial charge in [-0.3, -0.25) is 4.79 Å². The van der Waals surface area contributed by atoms with Gasteiger partial charge < -0.3 is 15.2 Å². The molecule has 0 aliphatic carbocycles. The van der Waals surface area contributed by atoms with Crippen LogP contribution >= 0.6 is 0 Å². The molecule has 4 heteroatoms. The molecule has 0 bridgehead atoms. The van der Waals surface area contributed by atoms with Crippen LogP contribution in [0.1, 0.15) is 24.2 Å². The summed E-state index contributed by atoms with van der Waals surface area (Å²) in [7, 11) is 0. The Morgan fingerprint density at radius 1 is 1.14 bits per heavy atom. The zero-order chi connectivity index (χ0) is 15.1. The minimum atomic E-state index is -0.681. The zero-order valence-corrected chi connectivity index (χ0v) is 12.0. The summed E-state index contributed by atoms with van der Waals surface area (Å²) in [6, 6.07) is 16.8. The van der Waals surface area contributed by atoms with Gasteiger partial charge >= 0.3 is 0 Å². The second-order valence-corrected chi connectivity index (χ2v) is 4.79. The summed E-state index contributed by atoms with van der Waals surface area (Å²) in [5, 5.41) is 12.8. The zero-order valence-electron chi connectivity index (χ0n) is 12.0. The minimum absolute atomic E-state index is 0.0598. The number of amides is 1. The minimum Gasteiger partial charge on any atom is -0.491 e. The van der Waals surface area contributed by atoms with Gasteiger partial charge in [0.05, 0.1) is 0 Å². The molecule has 1 amide bonds. The van der Waals surface area contributed by atoms with E-state index < -0.39 is 6.10 Å². The van der Waals surface area contributed by atoms with E-state index in [1.54, 1.807) is 0 Å². The number of ether oxygens (including phenoxy) is 1. The van der Waals surface area contributed by atoms with Crippen molar-refractivity contribution in [1.29, 1.82) is 0 Å². The molecule has 0 fully saturated rings. The highest BCUT2D eigenvalue weighted by Crippen LogP contribution is 2.16. The molecule has 2 rings (SSSR count). The topological polar surface area (TPSA) is 58.6 Å². The highest BCUT2D eigenvalue weighted by molar-refractivity contribution is 5.72. The predicted molar refractivity (Wildman–Crippen MR) is 80.9 cm³/mol. The molecule has 2 N–H and O–H groups in total. The summed E-state index contributed by atoms with van der Waals surface area (Å²) in [5.74, 6) is 0.675. The fourth-order valence-corrected chi connectivity index (χ4v) is 1.87. The molecule has 21 heavy (non-hydrogen) atoms. The SMILES string of the molecule is CC(=O)NCc1ccc(C(O)COc2ccccc2)cc1. The van der Waals surface area contributed by atoms with Gasteiger partial charge in [-0.15, -0.1) is 0 Å². The summed E-state index contributed by atoms with van der Waals surface area (Å²) in [5.41, 5.74) is 1.78. The van der Waals surface area contributed by atoms with Gasteiger partial charge in [0, 0.05) is 13.5 Å². The van der Waals surface area contributed by atoms with Crippen LogP contribution in [-0.4, -0.2) is 17.6 Å². The number of hydrogen-bond acceptors (Lipinski definition) is 3. The second kappa shape index (κ2) is 7.45. The molecule has 0 saturated carbocycles. The van der Waals surface area contributed by atoms with Crippen molar-refractivity contribution in [3.8, 4) is 5.75 Å². The van der Waals surface area contributed by atoms with E-state index in [1.165, 1.54) is 6.92 Å². The predicted octanol–water partition coefficient (Wildman–Crippen LogP) is 2.44. The fraction of sp³-hybridized carbons (Fsp3) is 0.235. The van der Waals surface area contributed by atoms with E-state index >= 15 is 0 Å². The smallest absolute Gasteiger partial charge is 0.217 e. The van der Waals surface area contributed by atoms with Crippen LogP contribution in [0.4, 0.5) is 0 Å². The van der Waals surface area contributed by atoms with E-state index in [-0.39, 0.29) is 12.5 Å². The highest BCUT2D eigenvalue weighted by atomic mass is 16.5. The van der Waals surface area contributed by atoms with Crippen LogP contribution in [0.2, 0.25) is 0 Å². The number of carbonyl (C=O) groups excluding carboxylic acids is 1. The van der Waals surface area contributed by atoms with Gasteiger partial charge in [-0.2, -0.15) is 0 Å². The monoisotopic (exact) mass is 285 g/mol. The molecule has 2 aromatic rings. The number of benzene rings is 2. The third kappa shape index (κ3) is 4.93. The molecule has 0 spiro atoms. The largest absolute Gasteiger partial charge is 0.491 e. The maximum atomic E-state index is 10.8. The number of para-hydroxylation sites is 1. The highest BCUT2D eigenvalue weighted by Gasteiger charge is 2.08. The lowest BCUT2D eigenvalue weighted by Gasteiger charge is -2.13. The maximum Gasteiger partial charge on any atom is 0.217 e. The summed E-state index contributed by atoms with van der Waals surface area (Å²) in [4.78, 5) is 10.8. The Hall–Kier alpha value is -2.33. The lowest BCUT2D eigenvalue weighted by Crippen LogP contribution is -2.18. The van der Waals surface area contributed by atoms with Crippen molar-refractivity contribution in [2.24, 2.45) is 0 Å². The standard InChI is InChI=1S/C17H19NO3/c1-13(19)18-11-14-7-9-15(10-8-14)17(20)12-21-16-5-3-2-4-6-16/h2-10,17,20H,11-12H2,1H3,(H,18,19). The van der Waals surface area contributed by atoms with Crippen molar-refractivity contribution in [2.45, 2.75) is 19.6 Å². The van der Waals surface area contributed by atoms with Crippen LogP contribution in [0.3, 0.4) is 0 Å². The molecule has 110 valence electrons. The molecular weight excluding hydrogens is 266 g/mol. The molecule has 1 unspecified atom stereocenters. The van der Waals surface area contributed by atoms with Gasteiger partial charge in [-0.05, 0) is 23.3 Å². The van der Waals surface area contributed by atoms with Crippen LogP contribution in [-0.2, 0) is 11.3 Å². The van der Waals surface area contributed by atoms with E-state index in [9.17, 15) is 9.90 Å². The van der Waals surface area contributed by atoms with Gasteiger partial charge in [0.2, 0.25) is 5.91 Å². The normalized spacial score (nSPS) is 11.7. The second-order valence-electron chi connectivity index (χ2n) is 4.79. The molecule has 0 aromatic heterocycles. The molecule has 4 nitrogen and oxygen atoms in total.